The Kier molecular flexibility index (Phi) is 7.28. The van der Waals surface area contributed by atoms with Gasteiger partial charge >= 0.3 is 6.09 Å². The number of hydrogen-bond donors (Lipinski definition) is 4. The normalized spacial score (nSPS) is 17.2. The molecule has 2 atom stereocenters. The highest BCUT2D eigenvalue weighted by atomic mass is 19.1. The van der Waals surface area contributed by atoms with Crippen LogP contribution in [0.2, 0.25) is 0 Å². The quantitative estimate of drug-likeness (QED) is 0.354. The van der Waals surface area contributed by atoms with Crippen LogP contribution in [0.3, 0.4) is 0 Å². The highest BCUT2D eigenvalue weighted by molar-refractivity contribution is 6.02. The second-order valence-electron chi connectivity index (χ2n) is 10.3. The zero-order chi connectivity index (χ0) is 27.7. The summed E-state index contributed by atoms with van der Waals surface area (Å²) in [6.45, 7) is 6.73. The second-order valence-corrected chi connectivity index (χ2v) is 10.3. The van der Waals surface area contributed by atoms with Gasteiger partial charge in [-0.25, -0.2) is 14.2 Å². The number of carbonyl (C=O) groups is 2. The van der Waals surface area contributed by atoms with Crippen LogP contribution < -0.4 is 21.1 Å². The van der Waals surface area contributed by atoms with Crippen LogP contribution in [-0.2, 0) is 14.9 Å². The van der Waals surface area contributed by atoms with Crippen molar-refractivity contribution in [1.82, 2.24) is 10.3 Å². The molecule has 9 nitrogen and oxygen atoms in total. The minimum atomic E-state index is -1.23. The number of nitrogens with one attached hydrogen (secondary N) is 2. The lowest BCUT2D eigenvalue weighted by molar-refractivity contribution is -0.121. The third-order valence-electron chi connectivity index (χ3n) is 6.10. The molecule has 0 saturated heterocycles. The van der Waals surface area contributed by atoms with Gasteiger partial charge in [0.15, 0.2) is 0 Å². The molecule has 3 aromatic rings. The van der Waals surface area contributed by atoms with Gasteiger partial charge in [-0.2, -0.15) is 0 Å². The lowest BCUT2D eigenvalue weighted by atomic mass is 9.82. The highest BCUT2D eigenvalue weighted by Gasteiger charge is 2.45. The molecule has 0 aliphatic carbocycles. The molecule has 0 bridgehead atoms. The van der Waals surface area contributed by atoms with Crippen molar-refractivity contribution in [3.8, 4) is 17.0 Å². The average Bonchev–Trinajstić information content (AvgIpc) is 3.20. The Bertz CT molecular complexity index is 1360. The zero-order valence-corrected chi connectivity index (χ0v) is 21.7. The number of aliphatic hydroxyl groups excluding tert-OH is 1. The zero-order valence-electron chi connectivity index (χ0n) is 21.7. The van der Waals surface area contributed by atoms with E-state index in [1.165, 1.54) is 24.3 Å². The molecule has 2 amide bonds. The first-order valence-corrected chi connectivity index (χ1v) is 12.1. The number of ether oxygens (including phenoxy) is 2. The summed E-state index contributed by atoms with van der Waals surface area (Å²) in [5.41, 5.74) is 6.58. The van der Waals surface area contributed by atoms with Crippen LogP contribution in [0.25, 0.3) is 11.3 Å². The molecule has 2 heterocycles. The molecule has 1 aromatic heterocycles. The number of benzene rings is 2. The minimum Gasteiger partial charge on any atom is -0.489 e. The summed E-state index contributed by atoms with van der Waals surface area (Å²) in [6, 6.07) is 14.1. The van der Waals surface area contributed by atoms with Crippen LogP contribution in [-0.4, -0.2) is 40.8 Å². The van der Waals surface area contributed by atoms with E-state index in [1.54, 1.807) is 58.0 Å². The molecule has 200 valence electrons. The van der Waals surface area contributed by atoms with E-state index in [4.69, 9.17) is 15.2 Å². The lowest BCUT2D eigenvalue weighted by Crippen LogP contribution is -2.39. The number of para-hydroxylation sites is 2. The van der Waals surface area contributed by atoms with Gasteiger partial charge in [0.05, 0.1) is 23.6 Å². The summed E-state index contributed by atoms with van der Waals surface area (Å²) in [4.78, 5) is 30.2. The standard InChI is InChI=1S/C28H31FN4O5/c1-27(2,3)38-26(36)31-14-22(34)21-13-18-24(23(32-21)16-9-11-17(29)12-10-16)37-15-28(18,4)25(35)33-20-8-6-5-7-19(20)30/h5-13,22,34H,14-15,30H2,1-4H3,(H,31,36)(H,33,35)/t22-,28+/m1/s1. The highest BCUT2D eigenvalue weighted by Crippen LogP contribution is 2.45. The Morgan fingerprint density at radius 2 is 1.89 bits per heavy atom. The Morgan fingerprint density at radius 1 is 1.21 bits per heavy atom. The fourth-order valence-electron chi connectivity index (χ4n) is 4.04. The number of amides is 2. The molecule has 0 fully saturated rings. The summed E-state index contributed by atoms with van der Waals surface area (Å²) < 4.78 is 24.9. The number of nitrogens with two attached hydrogens (primary N) is 1. The topological polar surface area (TPSA) is 136 Å². The van der Waals surface area contributed by atoms with E-state index in [1.807, 2.05) is 0 Å². The number of alkyl carbamates (subject to hydrolysis) is 1. The van der Waals surface area contributed by atoms with Crippen molar-refractivity contribution in [2.75, 3.05) is 24.2 Å². The maximum atomic E-state index is 13.6. The molecular formula is C28H31FN4O5. The number of aromatic nitrogens is 1. The van der Waals surface area contributed by atoms with E-state index >= 15 is 0 Å². The molecule has 1 aliphatic rings. The van der Waals surface area contributed by atoms with Gasteiger partial charge in [0, 0.05) is 11.1 Å². The van der Waals surface area contributed by atoms with Crippen LogP contribution in [0.4, 0.5) is 20.6 Å². The number of fused-ring (bicyclic) bond motifs is 1. The van der Waals surface area contributed by atoms with Gasteiger partial charge in [-0.15, -0.1) is 0 Å². The Labute approximate surface area is 220 Å². The fraction of sp³-hybridized carbons (Fsp3) is 0.321. The van der Waals surface area contributed by atoms with E-state index in [0.29, 0.717) is 33.9 Å². The first-order chi connectivity index (χ1) is 17.9. The number of halogens is 1. The first-order valence-electron chi connectivity index (χ1n) is 12.1. The Morgan fingerprint density at radius 3 is 2.55 bits per heavy atom. The molecule has 2 aromatic carbocycles. The second kappa shape index (κ2) is 10.3. The Hall–Kier alpha value is -4.18. The van der Waals surface area contributed by atoms with Crippen LogP contribution in [0.5, 0.6) is 5.75 Å². The monoisotopic (exact) mass is 522 g/mol. The third kappa shape index (κ3) is 5.70. The molecule has 5 N–H and O–H groups in total. The fourth-order valence-corrected chi connectivity index (χ4v) is 4.04. The van der Waals surface area contributed by atoms with Gasteiger partial charge in [-0.3, -0.25) is 4.79 Å². The summed E-state index contributed by atoms with van der Waals surface area (Å²) >= 11 is 0. The molecule has 0 spiro atoms. The van der Waals surface area contributed by atoms with E-state index in [0.717, 1.165) is 0 Å². The average molecular weight is 523 g/mol. The van der Waals surface area contributed by atoms with Gasteiger partial charge in [0.1, 0.15) is 41.0 Å². The van der Waals surface area contributed by atoms with Crippen molar-refractivity contribution in [3.63, 3.8) is 0 Å². The van der Waals surface area contributed by atoms with Gasteiger partial charge in [0.25, 0.3) is 0 Å². The van der Waals surface area contributed by atoms with E-state index in [9.17, 15) is 19.1 Å². The number of pyridine rings is 1. The van der Waals surface area contributed by atoms with Crippen LogP contribution in [0.15, 0.2) is 54.6 Å². The van der Waals surface area contributed by atoms with Crippen LogP contribution in [0.1, 0.15) is 45.1 Å². The molecule has 38 heavy (non-hydrogen) atoms. The molecular weight excluding hydrogens is 491 g/mol. The number of nitrogens with zero attached hydrogens (tertiary/aromatic N) is 1. The number of rotatable bonds is 6. The summed E-state index contributed by atoms with van der Waals surface area (Å²) in [7, 11) is 0. The van der Waals surface area contributed by atoms with Gasteiger partial charge in [-0.05, 0) is 70.2 Å². The first kappa shape index (κ1) is 26.9. The smallest absolute Gasteiger partial charge is 0.407 e. The maximum absolute atomic E-state index is 13.6. The maximum Gasteiger partial charge on any atom is 0.407 e. The summed E-state index contributed by atoms with van der Waals surface area (Å²) in [5.74, 6) is -0.433. The number of carbonyl (C=O) groups excluding carboxylic acids is 2. The van der Waals surface area contributed by atoms with Crippen molar-refractivity contribution in [1.29, 1.82) is 0 Å². The van der Waals surface area contributed by atoms with E-state index in [2.05, 4.69) is 15.6 Å². The van der Waals surface area contributed by atoms with E-state index in [-0.39, 0.29) is 24.8 Å². The van der Waals surface area contributed by atoms with Crippen LogP contribution >= 0.6 is 0 Å². The largest absolute Gasteiger partial charge is 0.489 e. The number of anilines is 2. The van der Waals surface area contributed by atoms with Crippen LogP contribution in [0, 0.1) is 5.82 Å². The predicted octanol–water partition coefficient (Wildman–Crippen LogP) is 4.32. The van der Waals surface area contributed by atoms with Crippen molar-refractivity contribution < 1.29 is 28.6 Å². The van der Waals surface area contributed by atoms with Gasteiger partial charge in [-0.1, -0.05) is 12.1 Å². The van der Waals surface area contributed by atoms with E-state index < -0.39 is 29.0 Å². The molecule has 0 saturated carbocycles. The van der Waals surface area contributed by atoms with Crippen molar-refractivity contribution in [2.45, 2.75) is 44.8 Å². The minimum absolute atomic E-state index is 0.00644. The summed E-state index contributed by atoms with van der Waals surface area (Å²) in [5, 5.41) is 16.3. The van der Waals surface area contributed by atoms with Gasteiger partial charge < -0.3 is 30.9 Å². The predicted molar refractivity (Wildman–Crippen MR) is 141 cm³/mol. The molecule has 10 heteroatoms. The molecule has 0 unspecified atom stereocenters. The number of aliphatic hydroxyl groups is 1. The van der Waals surface area contributed by atoms with Crippen molar-refractivity contribution in [3.05, 3.63) is 71.7 Å². The molecule has 0 radical (unpaired) electrons. The number of hydrogen-bond acceptors (Lipinski definition) is 7. The summed E-state index contributed by atoms with van der Waals surface area (Å²) in [6.07, 6.45) is -1.92. The molecule has 1 aliphatic heterocycles. The SMILES string of the molecule is CC(C)(C)OC(=O)NC[C@@H](O)c1cc2c(c(-c3ccc(F)cc3)n1)OC[C@]2(C)C(=O)Nc1ccccc1N. The van der Waals surface area contributed by atoms with Crippen molar-refractivity contribution >= 4 is 23.4 Å². The Balaban J connectivity index is 1.70. The number of nitrogen functional groups attached to an aromatic ring is 1. The molecule has 4 rings (SSSR count). The van der Waals surface area contributed by atoms with Crippen molar-refractivity contribution in [2.24, 2.45) is 0 Å². The third-order valence-corrected chi connectivity index (χ3v) is 6.10. The lowest BCUT2D eigenvalue weighted by Gasteiger charge is -2.24. The van der Waals surface area contributed by atoms with Gasteiger partial charge in [0.2, 0.25) is 5.91 Å².